The number of ether oxygens (including phenoxy) is 1. The zero-order valence-corrected chi connectivity index (χ0v) is 18.5. The minimum atomic E-state index is -0.309. The number of nitrogens with one attached hydrogen (secondary N) is 1. The summed E-state index contributed by atoms with van der Waals surface area (Å²) in [6.07, 6.45) is 1.38. The third-order valence-electron chi connectivity index (χ3n) is 4.19. The summed E-state index contributed by atoms with van der Waals surface area (Å²) in [4.78, 5) is 12.4. The Kier molecular flexibility index (Phi) is 7.00. The number of halogens is 3. The van der Waals surface area contributed by atoms with Crippen LogP contribution in [0.15, 0.2) is 52.0 Å². The molecule has 3 aromatic carbocycles. The van der Waals surface area contributed by atoms with E-state index in [2.05, 4.69) is 26.5 Å². The zero-order chi connectivity index (χ0) is 21.0. The maximum atomic E-state index is 12.4. The van der Waals surface area contributed by atoms with E-state index in [4.69, 9.17) is 27.9 Å². The Hall–Kier alpha value is -2.28. The molecule has 3 rings (SSSR count). The van der Waals surface area contributed by atoms with Crippen LogP contribution in [0.4, 0.5) is 0 Å². The predicted octanol–water partition coefficient (Wildman–Crippen LogP) is 5.71. The number of aromatic hydroxyl groups is 1. The second kappa shape index (κ2) is 9.48. The maximum Gasteiger partial charge on any atom is 0.244 e. The fourth-order valence-corrected chi connectivity index (χ4v) is 3.73. The van der Waals surface area contributed by atoms with Crippen molar-refractivity contribution in [2.45, 2.75) is 13.3 Å². The van der Waals surface area contributed by atoms with Crippen molar-refractivity contribution >= 4 is 62.0 Å². The number of phenolic OH excluding ortho intramolecular Hbond substituents is 1. The van der Waals surface area contributed by atoms with Crippen LogP contribution in [0.3, 0.4) is 0 Å². The second-order valence-electron chi connectivity index (χ2n) is 6.09. The fraction of sp³-hybridized carbons (Fsp3) is 0.143. The van der Waals surface area contributed by atoms with Crippen molar-refractivity contribution in [2.75, 3.05) is 6.61 Å². The molecular weight excluding hydrogens is 479 g/mol. The molecule has 0 radical (unpaired) electrons. The van der Waals surface area contributed by atoms with Crippen molar-refractivity contribution in [1.29, 1.82) is 0 Å². The number of hydrogen-bond acceptors (Lipinski definition) is 4. The maximum absolute atomic E-state index is 12.4. The van der Waals surface area contributed by atoms with E-state index in [1.54, 1.807) is 6.92 Å². The third-order valence-corrected chi connectivity index (χ3v) is 5.68. The highest BCUT2D eigenvalue weighted by molar-refractivity contribution is 9.10. The van der Waals surface area contributed by atoms with E-state index in [1.807, 2.05) is 36.4 Å². The number of benzene rings is 3. The van der Waals surface area contributed by atoms with Crippen LogP contribution in [0.2, 0.25) is 10.0 Å². The van der Waals surface area contributed by atoms with Crippen LogP contribution in [0.1, 0.15) is 18.1 Å². The average Bonchev–Trinajstić information content (AvgIpc) is 2.71. The Morgan fingerprint density at radius 2 is 1.97 bits per heavy atom. The fourth-order valence-electron chi connectivity index (χ4n) is 2.86. The predicted molar refractivity (Wildman–Crippen MR) is 120 cm³/mol. The molecule has 0 heterocycles. The minimum Gasteiger partial charge on any atom is -0.504 e. The molecule has 0 fully saturated rings. The topological polar surface area (TPSA) is 70.9 Å². The summed E-state index contributed by atoms with van der Waals surface area (Å²) in [6, 6.07) is 13.0. The van der Waals surface area contributed by atoms with E-state index < -0.39 is 0 Å². The summed E-state index contributed by atoms with van der Waals surface area (Å²) < 4.78 is 6.29. The molecule has 0 aliphatic carbocycles. The van der Waals surface area contributed by atoms with Gasteiger partial charge < -0.3 is 9.84 Å². The number of amides is 1. The van der Waals surface area contributed by atoms with E-state index in [1.165, 1.54) is 12.3 Å². The molecule has 5 nitrogen and oxygen atoms in total. The molecule has 0 bridgehead atoms. The van der Waals surface area contributed by atoms with E-state index in [0.29, 0.717) is 6.61 Å². The van der Waals surface area contributed by atoms with Gasteiger partial charge in [0.15, 0.2) is 11.5 Å². The van der Waals surface area contributed by atoms with E-state index >= 15 is 0 Å². The van der Waals surface area contributed by atoms with Crippen molar-refractivity contribution in [3.63, 3.8) is 0 Å². The molecule has 0 spiro atoms. The van der Waals surface area contributed by atoms with Crippen LogP contribution < -0.4 is 10.2 Å². The van der Waals surface area contributed by atoms with Gasteiger partial charge in [-0.3, -0.25) is 4.79 Å². The van der Waals surface area contributed by atoms with Gasteiger partial charge in [0.2, 0.25) is 5.91 Å². The summed E-state index contributed by atoms with van der Waals surface area (Å²) in [6.45, 7) is 2.13. The standard InChI is InChI=1S/C21H17BrCl2N2O3/c1-2-29-18-10-17(23)20(24)15(21(18)28)11-25-26-19(27)9-12-7-8-16(22)14-6-4-3-5-13(12)14/h3-8,10-11,28H,2,9H2,1H3,(H,26,27)/b25-11+. The van der Waals surface area contributed by atoms with Gasteiger partial charge in [0.25, 0.3) is 0 Å². The molecule has 1 amide bonds. The SMILES string of the molecule is CCOc1cc(Cl)c(Cl)c(/C=N/NC(=O)Cc2ccc(Br)c3ccccc23)c1O. The number of rotatable bonds is 6. The smallest absolute Gasteiger partial charge is 0.244 e. The largest absolute Gasteiger partial charge is 0.504 e. The molecule has 0 unspecified atom stereocenters. The lowest BCUT2D eigenvalue weighted by atomic mass is 10.0. The Labute approximate surface area is 186 Å². The first-order valence-electron chi connectivity index (χ1n) is 8.74. The van der Waals surface area contributed by atoms with Gasteiger partial charge >= 0.3 is 0 Å². The van der Waals surface area contributed by atoms with Crippen molar-refractivity contribution < 1.29 is 14.6 Å². The Morgan fingerprint density at radius 1 is 1.24 bits per heavy atom. The molecule has 0 atom stereocenters. The summed E-state index contributed by atoms with van der Waals surface area (Å²) in [5, 5.41) is 16.5. The lowest BCUT2D eigenvalue weighted by molar-refractivity contribution is -0.120. The van der Waals surface area contributed by atoms with Crippen LogP contribution >= 0.6 is 39.1 Å². The molecule has 3 aromatic rings. The first kappa shape index (κ1) is 21.4. The monoisotopic (exact) mass is 494 g/mol. The van der Waals surface area contributed by atoms with E-state index in [-0.39, 0.29) is 39.4 Å². The average molecular weight is 496 g/mol. The van der Waals surface area contributed by atoms with Crippen LogP contribution in [0, 0.1) is 0 Å². The van der Waals surface area contributed by atoms with Gasteiger partial charge in [-0.25, -0.2) is 5.43 Å². The third kappa shape index (κ3) is 4.83. The molecule has 0 aliphatic heterocycles. The number of phenols is 1. The van der Waals surface area contributed by atoms with Gasteiger partial charge in [0, 0.05) is 10.5 Å². The molecular formula is C21H17BrCl2N2O3. The number of nitrogens with zero attached hydrogens (tertiary/aromatic N) is 1. The summed E-state index contributed by atoms with van der Waals surface area (Å²) in [7, 11) is 0. The number of hydrazone groups is 1. The highest BCUT2D eigenvalue weighted by Crippen LogP contribution is 2.39. The first-order valence-corrected chi connectivity index (χ1v) is 10.3. The van der Waals surface area contributed by atoms with Gasteiger partial charge in [-0.15, -0.1) is 0 Å². The van der Waals surface area contributed by atoms with Gasteiger partial charge in [0.05, 0.1) is 34.9 Å². The van der Waals surface area contributed by atoms with Crippen LogP contribution in [-0.4, -0.2) is 23.8 Å². The molecule has 0 aromatic heterocycles. The summed E-state index contributed by atoms with van der Waals surface area (Å²) in [5.41, 5.74) is 3.49. The van der Waals surface area contributed by atoms with Crippen molar-refractivity contribution in [3.8, 4) is 11.5 Å². The van der Waals surface area contributed by atoms with Gasteiger partial charge in [-0.1, -0.05) is 69.5 Å². The quantitative estimate of drug-likeness (QED) is 0.340. The minimum absolute atomic E-state index is 0.115. The summed E-state index contributed by atoms with van der Waals surface area (Å²) >= 11 is 15.7. The molecule has 8 heteroatoms. The number of carbonyl (C=O) groups is 1. The van der Waals surface area contributed by atoms with Gasteiger partial charge in [0.1, 0.15) is 0 Å². The van der Waals surface area contributed by atoms with Gasteiger partial charge in [-0.2, -0.15) is 5.10 Å². The highest BCUT2D eigenvalue weighted by Gasteiger charge is 2.15. The number of carbonyl (C=O) groups excluding carboxylic acids is 1. The van der Waals surface area contributed by atoms with Crippen LogP contribution in [-0.2, 0) is 11.2 Å². The second-order valence-corrected chi connectivity index (χ2v) is 7.73. The Balaban J connectivity index is 1.77. The molecule has 0 saturated carbocycles. The molecule has 0 saturated heterocycles. The Bertz CT molecular complexity index is 1100. The van der Waals surface area contributed by atoms with Crippen molar-refractivity contribution in [1.82, 2.24) is 5.43 Å². The molecule has 29 heavy (non-hydrogen) atoms. The normalized spacial score (nSPS) is 11.2. The molecule has 2 N–H and O–H groups in total. The molecule has 0 aliphatic rings. The number of hydrogen-bond donors (Lipinski definition) is 2. The summed E-state index contributed by atoms with van der Waals surface area (Å²) in [5.74, 6) is -0.314. The zero-order valence-electron chi connectivity index (χ0n) is 15.4. The van der Waals surface area contributed by atoms with Crippen molar-refractivity contribution in [3.05, 3.63) is 68.1 Å². The van der Waals surface area contributed by atoms with E-state index in [9.17, 15) is 9.90 Å². The van der Waals surface area contributed by atoms with E-state index in [0.717, 1.165) is 20.8 Å². The number of fused-ring (bicyclic) bond motifs is 1. The highest BCUT2D eigenvalue weighted by atomic mass is 79.9. The van der Waals surface area contributed by atoms with Crippen molar-refractivity contribution in [2.24, 2.45) is 5.10 Å². The Morgan fingerprint density at radius 3 is 2.69 bits per heavy atom. The molecule has 150 valence electrons. The van der Waals surface area contributed by atoms with Crippen LogP contribution in [0.25, 0.3) is 10.8 Å². The van der Waals surface area contributed by atoms with Gasteiger partial charge in [-0.05, 0) is 29.3 Å². The van der Waals surface area contributed by atoms with Crippen LogP contribution in [0.5, 0.6) is 11.5 Å². The first-order chi connectivity index (χ1) is 13.9. The lowest BCUT2D eigenvalue weighted by Crippen LogP contribution is -2.20. The lowest BCUT2D eigenvalue weighted by Gasteiger charge is -2.11.